The molecule has 0 aliphatic rings. The largest absolute Gasteiger partial charge is 0.496 e. The van der Waals surface area contributed by atoms with Gasteiger partial charge in [-0.1, -0.05) is 30.3 Å². The number of amides is 1. The van der Waals surface area contributed by atoms with Gasteiger partial charge < -0.3 is 19.5 Å². The zero-order valence-electron chi connectivity index (χ0n) is 18.8. The number of allylic oxidation sites excluding steroid dienone is 1. The number of ketones is 1. The van der Waals surface area contributed by atoms with Crippen molar-refractivity contribution in [1.29, 1.82) is 0 Å². The molecule has 0 atom stereocenters. The van der Waals surface area contributed by atoms with E-state index in [-0.39, 0.29) is 11.7 Å². The third-order valence-corrected chi connectivity index (χ3v) is 5.78. The highest BCUT2D eigenvalue weighted by Crippen LogP contribution is 2.43. The number of rotatable bonds is 8. The van der Waals surface area contributed by atoms with Crippen LogP contribution in [0.3, 0.4) is 0 Å². The van der Waals surface area contributed by atoms with Crippen molar-refractivity contribution in [3.8, 4) is 17.2 Å². The Balaban J connectivity index is 1.85. The van der Waals surface area contributed by atoms with E-state index in [2.05, 4.69) is 21.2 Å². The third kappa shape index (κ3) is 5.43. The summed E-state index contributed by atoms with van der Waals surface area (Å²) in [5, 5.41) is 2.85. The Morgan fingerprint density at radius 2 is 1.64 bits per heavy atom. The van der Waals surface area contributed by atoms with E-state index in [0.29, 0.717) is 44.1 Å². The van der Waals surface area contributed by atoms with Crippen molar-refractivity contribution < 1.29 is 23.8 Å². The topological polar surface area (TPSA) is 73.9 Å². The van der Waals surface area contributed by atoms with Gasteiger partial charge in [-0.25, -0.2) is 0 Å². The molecule has 0 aromatic heterocycles. The smallest absolute Gasteiger partial charge is 0.255 e. The van der Waals surface area contributed by atoms with Crippen molar-refractivity contribution in [2.24, 2.45) is 0 Å². The van der Waals surface area contributed by atoms with Crippen LogP contribution in [0.1, 0.15) is 31.8 Å². The minimum Gasteiger partial charge on any atom is -0.496 e. The van der Waals surface area contributed by atoms with Crippen LogP contribution in [0.5, 0.6) is 17.2 Å². The molecule has 3 rings (SSSR count). The summed E-state index contributed by atoms with van der Waals surface area (Å²) in [6, 6.07) is 15.8. The Bertz CT molecular complexity index is 1220. The molecule has 33 heavy (non-hydrogen) atoms. The predicted octanol–water partition coefficient (Wildman–Crippen LogP) is 5.93. The highest BCUT2D eigenvalue weighted by molar-refractivity contribution is 9.10. The number of anilines is 1. The van der Waals surface area contributed by atoms with Gasteiger partial charge in [-0.05, 0) is 58.8 Å². The lowest BCUT2D eigenvalue weighted by atomic mass is 10.1. The fourth-order valence-electron chi connectivity index (χ4n) is 3.31. The van der Waals surface area contributed by atoms with Crippen LogP contribution in [0.25, 0.3) is 6.08 Å². The van der Waals surface area contributed by atoms with Crippen LogP contribution >= 0.6 is 15.9 Å². The molecule has 0 aliphatic carbocycles. The lowest BCUT2D eigenvalue weighted by Crippen LogP contribution is -2.13. The summed E-state index contributed by atoms with van der Waals surface area (Å²) >= 11 is 3.46. The maximum atomic E-state index is 12.9. The first kappa shape index (κ1) is 24.1. The van der Waals surface area contributed by atoms with E-state index >= 15 is 0 Å². The monoisotopic (exact) mass is 509 g/mol. The number of methoxy groups -OCH3 is 3. The second-order valence-corrected chi connectivity index (χ2v) is 7.88. The van der Waals surface area contributed by atoms with E-state index in [1.165, 1.54) is 20.3 Å². The van der Waals surface area contributed by atoms with Crippen LogP contribution in [0.15, 0.2) is 65.1 Å². The van der Waals surface area contributed by atoms with Gasteiger partial charge in [0.1, 0.15) is 21.7 Å². The van der Waals surface area contributed by atoms with E-state index in [0.717, 1.165) is 5.56 Å². The number of aryl methyl sites for hydroxylation is 1. The average molecular weight is 510 g/mol. The molecular formula is C26H24BrNO5. The first-order valence-electron chi connectivity index (χ1n) is 10.1. The number of halogens is 1. The molecule has 0 bridgehead atoms. The number of hydrogen-bond acceptors (Lipinski definition) is 5. The second-order valence-electron chi connectivity index (χ2n) is 7.09. The Morgan fingerprint density at radius 1 is 0.909 bits per heavy atom. The van der Waals surface area contributed by atoms with Crippen molar-refractivity contribution in [2.75, 3.05) is 26.6 Å². The molecular weight excluding hydrogens is 486 g/mol. The second kappa shape index (κ2) is 10.8. The summed E-state index contributed by atoms with van der Waals surface area (Å²) in [6.45, 7) is 1.87. The summed E-state index contributed by atoms with van der Waals surface area (Å²) in [7, 11) is 4.60. The SMILES string of the molecule is COc1cc(OC)c(/C=C/C(=O)c2cccc(NC(=O)c3ccccc3C)c2)c(OC)c1Br. The average Bonchev–Trinajstić information content (AvgIpc) is 2.82. The quantitative estimate of drug-likeness (QED) is 0.300. The van der Waals surface area contributed by atoms with E-state index in [4.69, 9.17) is 14.2 Å². The molecule has 0 aliphatic heterocycles. The number of nitrogens with one attached hydrogen (secondary N) is 1. The van der Waals surface area contributed by atoms with Crippen molar-refractivity contribution in [2.45, 2.75) is 6.92 Å². The van der Waals surface area contributed by atoms with Crippen LogP contribution < -0.4 is 19.5 Å². The van der Waals surface area contributed by atoms with Gasteiger partial charge in [0.15, 0.2) is 5.78 Å². The number of benzene rings is 3. The summed E-state index contributed by atoms with van der Waals surface area (Å²) in [5.41, 5.74) is 3.01. The normalized spacial score (nSPS) is 10.7. The third-order valence-electron chi connectivity index (χ3n) is 5.03. The van der Waals surface area contributed by atoms with Gasteiger partial charge >= 0.3 is 0 Å². The molecule has 1 N–H and O–H groups in total. The Hall–Kier alpha value is -3.58. The molecule has 0 unspecified atom stereocenters. The zero-order chi connectivity index (χ0) is 24.0. The van der Waals surface area contributed by atoms with Gasteiger partial charge in [-0.2, -0.15) is 0 Å². The molecule has 6 nitrogen and oxygen atoms in total. The van der Waals surface area contributed by atoms with Gasteiger partial charge in [0.2, 0.25) is 0 Å². The van der Waals surface area contributed by atoms with Crippen molar-refractivity contribution >= 4 is 39.4 Å². The molecule has 0 spiro atoms. The van der Waals surface area contributed by atoms with Crippen molar-refractivity contribution in [3.63, 3.8) is 0 Å². The lowest BCUT2D eigenvalue weighted by Gasteiger charge is -2.15. The molecule has 0 heterocycles. The highest BCUT2D eigenvalue weighted by atomic mass is 79.9. The molecule has 0 fully saturated rings. The van der Waals surface area contributed by atoms with Crippen LogP contribution in [0, 0.1) is 6.92 Å². The van der Waals surface area contributed by atoms with Crippen LogP contribution in [-0.2, 0) is 0 Å². The number of ether oxygens (including phenoxy) is 3. The Morgan fingerprint density at radius 3 is 2.30 bits per heavy atom. The summed E-state index contributed by atoms with van der Waals surface area (Å²) in [6.07, 6.45) is 3.06. The standard InChI is InChI=1S/C26H24BrNO5/c1-16-8-5-6-11-19(16)26(30)28-18-10-7-9-17(14-18)21(29)13-12-20-22(31-2)15-23(32-3)24(27)25(20)33-4/h5-15H,1-4H3,(H,28,30)/b13-12+. The van der Waals surface area contributed by atoms with E-state index < -0.39 is 0 Å². The van der Waals surface area contributed by atoms with Gasteiger partial charge in [-0.3, -0.25) is 9.59 Å². The lowest BCUT2D eigenvalue weighted by molar-refractivity contribution is 0.102. The fraction of sp³-hybridized carbons (Fsp3) is 0.154. The van der Waals surface area contributed by atoms with Gasteiger partial charge in [0.25, 0.3) is 5.91 Å². The predicted molar refractivity (Wildman–Crippen MR) is 133 cm³/mol. The molecule has 170 valence electrons. The number of hydrogen-bond donors (Lipinski definition) is 1. The van der Waals surface area contributed by atoms with Crippen molar-refractivity contribution in [3.05, 3.63) is 87.4 Å². The molecule has 3 aromatic carbocycles. The summed E-state index contributed by atoms with van der Waals surface area (Å²) in [5.74, 6) is 1.05. The maximum absolute atomic E-state index is 12.9. The van der Waals surface area contributed by atoms with Crippen LogP contribution in [0.2, 0.25) is 0 Å². The zero-order valence-corrected chi connectivity index (χ0v) is 20.4. The van der Waals surface area contributed by atoms with E-state index in [9.17, 15) is 9.59 Å². The first-order valence-corrected chi connectivity index (χ1v) is 10.9. The highest BCUT2D eigenvalue weighted by Gasteiger charge is 2.17. The summed E-state index contributed by atoms with van der Waals surface area (Å²) in [4.78, 5) is 25.5. The van der Waals surface area contributed by atoms with E-state index in [1.807, 2.05) is 25.1 Å². The van der Waals surface area contributed by atoms with Gasteiger partial charge in [0.05, 0.1) is 26.9 Å². The number of carbonyl (C=O) groups is 2. The minimum absolute atomic E-state index is 0.231. The minimum atomic E-state index is -0.238. The van der Waals surface area contributed by atoms with Gasteiger partial charge in [0, 0.05) is 22.9 Å². The molecule has 0 saturated carbocycles. The Labute approximate surface area is 201 Å². The molecule has 3 aromatic rings. The van der Waals surface area contributed by atoms with Gasteiger partial charge in [-0.15, -0.1) is 0 Å². The van der Waals surface area contributed by atoms with E-state index in [1.54, 1.807) is 49.6 Å². The molecule has 1 amide bonds. The fourth-order valence-corrected chi connectivity index (χ4v) is 3.96. The van der Waals surface area contributed by atoms with Crippen LogP contribution in [0.4, 0.5) is 5.69 Å². The van der Waals surface area contributed by atoms with Crippen LogP contribution in [-0.4, -0.2) is 33.0 Å². The first-order chi connectivity index (χ1) is 15.9. The summed E-state index contributed by atoms with van der Waals surface area (Å²) < 4.78 is 16.9. The molecule has 0 saturated heterocycles. The number of carbonyl (C=O) groups excluding carboxylic acids is 2. The molecule has 7 heteroatoms. The van der Waals surface area contributed by atoms with Crippen molar-refractivity contribution in [1.82, 2.24) is 0 Å². The maximum Gasteiger partial charge on any atom is 0.255 e. The molecule has 0 radical (unpaired) electrons. The Kier molecular flexibility index (Phi) is 7.90.